The highest BCUT2D eigenvalue weighted by molar-refractivity contribution is 5.60. The van der Waals surface area contributed by atoms with Gasteiger partial charge in [-0.1, -0.05) is 13.0 Å². The Hall–Kier alpha value is -2.43. The summed E-state index contributed by atoms with van der Waals surface area (Å²) in [7, 11) is 0. The highest BCUT2D eigenvalue weighted by Crippen LogP contribution is 2.20. The number of benzene rings is 1. The van der Waals surface area contributed by atoms with E-state index in [1.165, 1.54) is 17.5 Å². The van der Waals surface area contributed by atoms with Gasteiger partial charge in [0.15, 0.2) is 0 Å². The van der Waals surface area contributed by atoms with Crippen LogP contribution in [-0.4, -0.2) is 19.6 Å². The molecule has 0 amide bonds. The van der Waals surface area contributed by atoms with Gasteiger partial charge in [0.2, 0.25) is 0 Å². The number of rotatable bonds is 3. The normalized spacial score (nSPS) is 10.9. The molecule has 2 aromatic heterocycles. The third-order valence-corrected chi connectivity index (χ3v) is 3.45. The van der Waals surface area contributed by atoms with Crippen molar-refractivity contribution in [1.29, 1.82) is 0 Å². The second-order valence-corrected chi connectivity index (χ2v) is 4.88. The Morgan fingerprint density at radius 3 is 2.75 bits per heavy atom. The highest BCUT2D eigenvalue weighted by atomic mass is 15.3. The molecule has 5 nitrogen and oxygen atoms in total. The molecule has 0 atom stereocenters. The molecule has 0 aliphatic heterocycles. The molecule has 0 saturated carbocycles. The number of anilines is 2. The molecule has 0 radical (unpaired) electrons. The van der Waals surface area contributed by atoms with Gasteiger partial charge in [-0.25, -0.2) is 4.98 Å². The van der Waals surface area contributed by atoms with Gasteiger partial charge >= 0.3 is 0 Å². The van der Waals surface area contributed by atoms with Crippen LogP contribution in [0.15, 0.2) is 30.6 Å². The molecule has 3 rings (SSSR count). The third-order valence-electron chi connectivity index (χ3n) is 3.45. The van der Waals surface area contributed by atoms with Crippen LogP contribution in [0.5, 0.6) is 0 Å². The molecule has 102 valence electrons. The lowest BCUT2D eigenvalue weighted by Gasteiger charge is -2.10. The minimum atomic E-state index is 0.621. The Bertz CT molecular complexity index is 760. The predicted molar refractivity (Wildman–Crippen MR) is 79.4 cm³/mol. The lowest BCUT2D eigenvalue weighted by atomic mass is 10.1. The Morgan fingerprint density at radius 1 is 1.15 bits per heavy atom. The molecule has 0 aliphatic carbocycles. The molecular formula is C15H17N5. The van der Waals surface area contributed by atoms with E-state index in [0.29, 0.717) is 5.78 Å². The number of nitrogens with zero attached hydrogens (tertiary/aromatic N) is 4. The van der Waals surface area contributed by atoms with E-state index in [1.54, 1.807) is 4.52 Å². The fourth-order valence-corrected chi connectivity index (χ4v) is 2.10. The van der Waals surface area contributed by atoms with Crippen LogP contribution in [0.3, 0.4) is 0 Å². The number of hydrogen-bond acceptors (Lipinski definition) is 4. The summed E-state index contributed by atoms with van der Waals surface area (Å²) in [5.41, 5.74) is 4.58. The Labute approximate surface area is 117 Å². The van der Waals surface area contributed by atoms with Gasteiger partial charge in [0.05, 0.1) is 0 Å². The van der Waals surface area contributed by atoms with Crippen LogP contribution in [0.25, 0.3) is 5.78 Å². The zero-order valence-electron chi connectivity index (χ0n) is 11.9. The van der Waals surface area contributed by atoms with Crippen molar-refractivity contribution in [2.45, 2.75) is 27.2 Å². The van der Waals surface area contributed by atoms with Crippen LogP contribution >= 0.6 is 0 Å². The monoisotopic (exact) mass is 267 g/mol. The van der Waals surface area contributed by atoms with Gasteiger partial charge in [0.1, 0.15) is 12.1 Å². The van der Waals surface area contributed by atoms with E-state index in [0.717, 1.165) is 23.6 Å². The van der Waals surface area contributed by atoms with Crippen LogP contribution in [0, 0.1) is 13.8 Å². The van der Waals surface area contributed by atoms with Crippen molar-refractivity contribution in [3.63, 3.8) is 0 Å². The molecular weight excluding hydrogens is 250 g/mol. The first-order valence-corrected chi connectivity index (χ1v) is 6.71. The zero-order valence-corrected chi connectivity index (χ0v) is 11.9. The lowest BCUT2D eigenvalue weighted by molar-refractivity contribution is 0.918. The van der Waals surface area contributed by atoms with Crippen molar-refractivity contribution < 1.29 is 0 Å². The molecule has 0 saturated heterocycles. The molecule has 2 heterocycles. The van der Waals surface area contributed by atoms with Crippen LogP contribution < -0.4 is 5.32 Å². The second kappa shape index (κ2) is 4.92. The number of fused-ring (bicyclic) bond motifs is 1. The number of nitrogens with one attached hydrogen (secondary N) is 1. The van der Waals surface area contributed by atoms with Crippen molar-refractivity contribution in [3.05, 3.63) is 47.4 Å². The summed E-state index contributed by atoms with van der Waals surface area (Å²) in [6, 6.07) is 8.32. The first kappa shape index (κ1) is 12.6. The summed E-state index contributed by atoms with van der Waals surface area (Å²) in [6.45, 7) is 6.29. The number of aryl methyl sites for hydroxylation is 3. The first-order valence-electron chi connectivity index (χ1n) is 6.71. The largest absolute Gasteiger partial charge is 0.340 e. The summed E-state index contributed by atoms with van der Waals surface area (Å²) < 4.78 is 1.72. The minimum absolute atomic E-state index is 0.621. The third kappa shape index (κ3) is 2.22. The molecule has 0 fully saturated rings. The van der Waals surface area contributed by atoms with Crippen molar-refractivity contribution >= 4 is 17.3 Å². The maximum atomic E-state index is 4.44. The van der Waals surface area contributed by atoms with Gasteiger partial charge in [-0.15, -0.1) is 0 Å². The quantitative estimate of drug-likeness (QED) is 0.792. The standard InChI is InChI=1S/C15H17N5/c1-4-12-8-14(20-15(19-12)16-9-17-20)18-13-6-5-10(2)11(3)7-13/h5-9,18H,4H2,1-3H3. The average Bonchev–Trinajstić information content (AvgIpc) is 2.91. The summed E-state index contributed by atoms with van der Waals surface area (Å²) in [5.74, 6) is 1.50. The average molecular weight is 267 g/mol. The molecule has 0 unspecified atom stereocenters. The summed E-state index contributed by atoms with van der Waals surface area (Å²) in [5, 5.41) is 7.61. The van der Waals surface area contributed by atoms with E-state index >= 15 is 0 Å². The highest BCUT2D eigenvalue weighted by Gasteiger charge is 2.07. The van der Waals surface area contributed by atoms with Crippen LogP contribution in [0.4, 0.5) is 11.5 Å². The smallest absolute Gasteiger partial charge is 0.254 e. The molecule has 20 heavy (non-hydrogen) atoms. The van der Waals surface area contributed by atoms with E-state index in [4.69, 9.17) is 0 Å². The van der Waals surface area contributed by atoms with Crippen LogP contribution in [0.1, 0.15) is 23.7 Å². The van der Waals surface area contributed by atoms with Gasteiger partial charge in [0, 0.05) is 17.4 Å². The number of aromatic nitrogens is 4. The maximum absolute atomic E-state index is 4.44. The van der Waals surface area contributed by atoms with E-state index < -0.39 is 0 Å². The van der Waals surface area contributed by atoms with E-state index in [-0.39, 0.29) is 0 Å². The molecule has 1 N–H and O–H groups in total. The molecule has 3 aromatic rings. The van der Waals surface area contributed by atoms with Gasteiger partial charge in [-0.05, 0) is 43.5 Å². The SMILES string of the molecule is CCc1cc(Nc2ccc(C)c(C)c2)n2ncnc2n1. The summed E-state index contributed by atoms with van der Waals surface area (Å²) in [6.07, 6.45) is 2.39. The molecule has 0 aliphatic rings. The fraction of sp³-hybridized carbons (Fsp3) is 0.267. The van der Waals surface area contributed by atoms with Crippen LogP contribution in [0.2, 0.25) is 0 Å². The molecule has 1 aromatic carbocycles. The Kier molecular flexibility index (Phi) is 3.10. The zero-order chi connectivity index (χ0) is 14.1. The van der Waals surface area contributed by atoms with Crippen LogP contribution in [-0.2, 0) is 6.42 Å². The topological polar surface area (TPSA) is 55.1 Å². The molecule has 0 spiro atoms. The second-order valence-electron chi connectivity index (χ2n) is 4.88. The fourth-order valence-electron chi connectivity index (χ4n) is 2.10. The van der Waals surface area contributed by atoms with Gasteiger partial charge in [-0.2, -0.15) is 14.6 Å². The molecule has 0 bridgehead atoms. The Morgan fingerprint density at radius 2 is 2.00 bits per heavy atom. The van der Waals surface area contributed by atoms with Crippen molar-refractivity contribution in [1.82, 2.24) is 19.6 Å². The van der Waals surface area contributed by atoms with Crippen molar-refractivity contribution in [2.24, 2.45) is 0 Å². The first-order chi connectivity index (χ1) is 9.67. The minimum Gasteiger partial charge on any atom is -0.340 e. The molecule has 5 heteroatoms. The number of hydrogen-bond donors (Lipinski definition) is 1. The van der Waals surface area contributed by atoms with Gasteiger partial charge in [0.25, 0.3) is 5.78 Å². The lowest BCUT2D eigenvalue weighted by Crippen LogP contribution is -2.04. The van der Waals surface area contributed by atoms with E-state index in [1.807, 2.05) is 6.07 Å². The van der Waals surface area contributed by atoms with E-state index in [9.17, 15) is 0 Å². The summed E-state index contributed by atoms with van der Waals surface area (Å²) >= 11 is 0. The van der Waals surface area contributed by atoms with Crippen molar-refractivity contribution in [3.8, 4) is 0 Å². The predicted octanol–water partition coefficient (Wildman–Crippen LogP) is 3.05. The maximum Gasteiger partial charge on any atom is 0.254 e. The van der Waals surface area contributed by atoms with Crippen molar-refractivity contribution in [2.75, 3.05) is 5.32 Å². The van der Waals surface area contributed by atoms with E-state index in [2.05, 4.69) is 59.4 Å². The van der Waals surface area contributed by atoms with Gasteiger partial charge in [-0.3, -0.25) is 0 Å². The Balaban J connectivity index is 2.04. The van der Waals surface area contributed by atoms with Gasteiger partial charge < -0.3 is 5.32 Å². The summed E-state index contributed by atoms with van der Waals surface area (Å²) in [4.78, 5) is 8.60.